The van der Waals surface area contributed by atoms with E-state index in [1.54, 1.807) is 7.11 Å². The van der Waals surface area contributed by atoms with Gasteiger partial charge in [0.1, 0.15) is 18.1 Å². The number of hydrogen-bond acceptors (Lipinski definition) is 3. The van der Waals surface area contributed by atoms with Crippen molar-refractivity contribution >= 4 is 0 Å². The summed E-state index contributed by atoms with van der Waals surface area (Å²) in [4.78, 5) is 2.12. The van der Waals surface area contributed by atoms with E-state index in [1.165, 1.54) is 11.1 Å². The highest BCUT2D eigenvalue weighted by Crippen LogP contribution is 2.33. The Bertz CT molecular complexity index is 605. The molecule has 0 saturated heterocycles. The average Bonchev–Trinajstić information content (AvgIpc) is 2.61. The van der Waals surface area contributed by atoms with Gasteiger partial charge in [-0.1, -0.05) is 38.1 Å². The summed E-state index contributed by atoms with van der Waals surface area (Å²) in [5.74, 6) is 2.72. The van der Waals surface area contributed by atoms with Crippen LogP contribution in [0.4, 0.5) is 0 Å². The molecule has 0 aliphatic heterocycles. The Morgan fingerprint density at radius 1 is 0.792 bits per heavy atom. The van der Waals surface area contributed by atoms with Gasteiger partial charge in [-0.15, -0.1) is 0 Å². The van der Waals surface area contributed by atoms with Gasteiger partial charge in [0.2, 0.25) is 0 Å². The van der Waals surface area contributed by atoms with Gasteiger partial charge in [0.05, 0.1) is 7.11 Å². The SMILES string of the molecule is COc1ccc([C@@H](C)[C@@H](C)c2ccc(OCCN(C)C)cc2)cc1. The molecule has 2 rings (SSSR count). The fourth-order valence-corrected chi connectivity index (χ4v) is 2.70. The highest BCUT2D eigenvalue weighted by molar-refractivity contribution is 5.34. The van der Waals surface area contributed by atoms with Crippen molar-refractivity contribution in [3.63, 3.8) is 0 Å². The molecule has 0 bridgehead atoms. The minimum absolute atomic E-state index is 0.439. The third-order valence-corrected chi connectivity index (χ3v) is 4.60. The molecule has 2 aromatic carbocycles. The Morgan fingerprint density at radius 3 is 1.67 bits per heavy atom. The van der Waals surface area contributed by atoms with Crippen molar-refractivity contribution in [2.75, 3.05) is 34.4 Å². The first-order valence-corrected chi connectivity index (χ1v) is 8.52. The van der Waals surface area contributed by atoms with Crippen LogP contribution in [0.3, 0.4) is 0 Å². The lowest BCUT2D eigenvalue weighted by Crippen LogP contribution is -2.19. The molecule has 0 aliphatic rings. The van der Waals surface area contributed by atoms with Crippen LogP contribution in [0.25, 0.3) is 0 Å². The Morgan fingerprint density at radius 2 is 1.25 bits per heavy atom. The summed E-state index contributed by atoms with van der Waals surface area (Å²) in [5.41, 5.74) is 2.66. The van der Waals surface area contributed by atoms with Crippen molar-refractivity contribution < 1.29 is 9.47 Å². The minimum Gasteiger partial charge on any atom is -0.497 e. The molecular weight excluding hydrogens is 298 g/mol. The summed E-state index contributed by atoms with van der Waals surface area (Å²) in [5, 5.41) is 0. The summed E-state index contributed by atoms with van der Waals surface area (Å²) in [6, 6.07) is 16.9. The van der Waals surface area contributed by atoms with Crippen LogP contribution in [-0.2, 0) is 0 Å². The number of likely N-dealkylation sites (N-methyl/N-ethyl adjacent to an activating group) is 1. The zero-order valence-electron chi connectivity index (χ0n) is 15.5. The lowest BCUT2D eigenvalue weighted by atomic mass is 9.84. The van der Waals surface area contributed by atoms with Crippen LogP contribution in [-0.4, -0.2) is 39.3 Å². The molecule has 0 N–H and O–H groups in total. The Kier molecular flexibility index (Phi) is 6.68. The van der Waals surface area contributed by atoms with E-state index < -0.39 is 0 Å². The quantitative estimate of drug-likeness (QED) is 0.710. The maximum atomic E-state index is 5.77. The third-order valence-electron chi connectivity index (χ3n) is 4.60. The lowest BCUT2D eigenvalue weighted by Gasteiger charge is -2.21. The van der Waals surface area contributed by atoms with E-state index in [4.69, 9.17) is 9.47 Å². The molecule has 0 saturated carbocycles. The third kappa shape index (κ3) is 5.00. The Balaban J connectivity index is 1.98. The molecular formula is C21H29NO2. The molecule has 0 heterocycles. The van der Waals surface area contributed by atoms with Crippen molar-refractivity contribution in [3.8, 4) is 11.5 Å². The molecule has 2 atom stereocenters. The number of hydrogen-bond donors (Lipinski definition) is 0. The molecule has 0 radical (unpaired) electrons. The fraction of sp³-hybridized carbons (Fsp3) is 0.429. The summed E-state index contributed by atoms with van der Waals surface area (Å²) in [7, 11) is 5.80. The minimum atomic E-state index is 0.439. The first-order chi connectivity index (χ1) is 11.5. The second-order valence-electron chi connectivity index (χ2n) is 6.57. The van der Waals surface area contributed by atoms with Crippen LogP contribution < -0.4 is 9.47 Å². The van der Waals surface area contributed by atoms with Crippen LogP contribution in [0, 0.1) is 0 Å². The van der Waals surface area contributed by atoms with Gasteiger partial charge in [0.25, 0.3) is 0 Å². The fourth-order valence-electron chi connectivity index (χ4n) is 2.70. The van der Waals surface area contributed by atoms with E-state index in [0.29, 0.717) is 18.4 Å². The van der Waals surface area contributed by atoms with Crippen molar-refractivity contribution in [1.82, 2.24) is 4.90 Å². The van der Waals surface area contributed by atoms with E-state index in [2.05, 4.69) is 69.2 Å². The van der Waals surface area contributed by atoms with Crippen LogP contribution in [0.1, 0.15) is 36.8 Å². The van der Waals surface area contributed by atoms with Crippen molar-refractivity contribution in [1.29, 1.82) is 0 Å². The molecule has 0 spiro atoms. The Labute approximate surface area is 146 Å². The summed E-state index contributed by atoms with van der Waals surface area (Å²) < 4.78 is 11.0. The number of methoxy groups -OCH3 is 1. The topological polar surface area (TPSA) is 21.7 Å². The maximum Gasteiger partial charge on any atom is 0.119 e. The second kappa shape index (κ2) is 8.74. The maximum absolute atomic E-state index is 5.77. The number of ether oxygens (including phenoxy) is 2. The first-order valence-electron chi connectivity index (χ1n) is 8.52. The van der Waals surface area contributed by atoms with Crippen molar-refractivity contribution in [2.24, 2.45) is 0 Å². The number of rotatable bonds is 8. The van der Waals surface area contributed by atoms with Gasteiger partial charge in [-0.3, -0.25) is 0 Å². The van der Waals surface area contributed by atoms with Crippen LogP contribution in [0.15, 0.2) is 48.5 Å². The molecule has 0 aliphatic carbocycles. The standard InChI is InChI=1S/C21H29NO2/c1-16(18-6-10-20(23-5)11-7-18)17(2)19-8-12-21(13-9-19)24-15-14-22(3)4/h6-13,16-17H,14-15H2,1-5H3/t16-,17+/m0/s1. The molecule has 0 amide bonds. The van der Waals surface area contributed by atoms with E-state index in [-0.39, 0.29) is 0 Å². The summed E-state index contributed by atoms with van der Waals surface area (Å²) in [6.45, 7) is 6.18. The average molecular weight is 327 g/mol. The van der Waals surface area contributed by atoms with Gasteiger partial charge < -0.3 is 14.4 Å². The van der Waals surface area contributed by atoms with E-state index in [1.807, 2.05) is 12.1 Å². The number of nitrogens with zero attached hydrogens (tertiary/aromatic N) is 1. The predicted octanol–water partition coefficient (Wildman–Crippen LogP) is 4.54. The van der Waals surface area contributed by atoms with Crippen LogP contribution >= 0.6 is 0 Å². The molecule has 130 valence electrons. The summed E-state index contributed by atoms with van der Waals surface area (Å²) in [6.07, 6.45) is 0. The van der Waals surface area contributed by atoms with E-state index >= 15 is 0 Å². The second-order valence-corrected chi connectivity index (χ2v) is 6.57. The highest BCUT2D eigenvalue weighted by Gasteiger charge is 2.16. The molecule has 3 heteroatoms. The van der Waals surface area contributed by atoms with E-state index in [9.17, 15) is 0 Å². The van der Waals surface area contributed by atoms with Crippen LogP contribution in [0.2, 0.25) is 0 Å². The molecule has 0 fully saturated rings. The largest absolute Gasteiger partial charge is 0.497 e. The molecule has 3 nitrogen and oxygen atoms in total. The zero-order valence-corrected chi connectivity index (χ0v) is 15.5. The normalized spacial score (nSPS) is 13.6. The van der Waals surface area contributed by atoms with Gasteiger partial charge in [0, 0.05) is 6.54 Å². The molecule has 0 aromatic heterocycles. The molecule has 2 aromatic rings. The van der Waals surface area contributed by atoms with Gasteiger partial charge in [0.15, 0.2) is 0 Å². The highest BCUT2D eigenvalue weighted by atomic mass is 16.5. The number of benzene rings is 2. The van der Waals surface area contributed by atoms with Gasteiger partial charge in [-0.2, -0.15) is 0 Å². The monoisotopic (exact) mass is 327 g/mol. The van der Waals surface area contributed by atoms with Crippen LogP contribution in [0.5, 0.6) is 11.5 Å². The van der Waals surface area contributed by atoms with Crippen molar-refractivity contribution in [3.05, 3.63) is 59.7 Å². The zero-order chi connectivity index (χ0) is 17.5. The smallest absolute Gasteiger partial charge is 0.119 e. The first kappa shape index (κ1) is 18.3. The summed E-state index contributed by atoms with van der Waals surface area (Å²) >= 11 is 0. The Hall–Kier alpha value is -2.00. The van der Waals surface area contributed by atoms with Gasteiger partial charge >= 0.3 is 0 Å². The molecule has 24 heavy (non-hydrogen) atoms. The predicted molar refractivity (Wildman–Crippen MR) is 100 cm³/mol. The van der Waals surface area contributed by atoms with Crippen molar-refractivity contribution in [2.45, 2.75) is 25.7 Å². The molecule has 0 unspecified atom stereocenters. The van der Waals surface area contributed by atoms with E-state index in [0.717, 1.165) is 18.0 Å². The van der Waals surface area contributed by atoms with Gasteiger partial charge in [-0.25, -0.2) is 0 Å². The van der Waals surface area contributed by atoms with Gasteiger partial charge in [-0.05, 0) is 61.3 Å². The lowest BCUT2D eigenvalue weighted by molar-refractivity contribution is 0.261.